The van der Waals surface area contributed by atoms with Gasteiger partial charge in [0.15, 0.2) is 0 Å². The molecule has 20 heavy (non-hydrogen) atoms. The van der Waals surface area contributed by atoms with E-state index in [4.69, 9.17) is 0 Å². The lowest BCUT2D eigenvalue weighted by Crippen LogP contribution is -2.10. The maximum Gasteiger partial charge on any atom is 0.0792 e. The van der Waals surface area contributed by atoms with Crippen molar-refractivity contribution in [3.8, 4) is 0 Å². The summed E-state index contributed by atoms with van der Waals surface area (Å²) in [4.78, 5) is 0. The molecule has 2 fully saturated rings. The minimum Gasteiger partial charge on any atom is -0.388 e. The van der Waals surface area contributed by atoms with Crippen LogP contribution in [0.3, 0.4) is 0 Å². The Morgan fingerprint density at radius 2 is 1.50 bits per heavy atom. The molecule has 0 aliphatic heterocycles. The van der Waals surface area contributed by atoms with Crippen molar-refractivity contribution in [1.82, 2.24) is 0 Å². The molecule has 2 saturated carbocycles. The van der Waals surface area contributed by atoms with Crippen molar-refractivity contribution >= 4 is 0 Å². The zero-order valence-electron chi connectivity index (χ0n) is 12.6. The molecule has 1 aromatic rings. The maximum atomic E-state index is 10.5. The van der Waals surface area contributed by atoms with Crippen molar-refractivity contribution in [3.05, 3.63) is 35.4 Å². The molecule has 2 aliphatic rings. The first-order chi connectivity index (χ1) is 9.83. The van der Waals surface area contributed by atoms with E-state index in [0.29, 0.717) is 0 Å². The van der Waals surface area contributed by atoms with Gasteiger partial charge in [-0.25, -0.2) is 0 Å². The van der Waals surface area contributed by atoms with Crippen molar-refractivity contribution in [3.63, 3.8) is 0 Å². The lowest BCUT2D eigenvalue weighted by atomic mass is 9.79. The lowest BCUT2D eigenvalue weighted by molar-refractivity contribution is 0.139. The second-order valence-electron chi connectivity index (χ2n) is 6.90. The number of hydrogen-bond acceptors (Lipinski definition) is 1. The van der Waals surface area contributed by atoms with Gasteiger partial charge in [-0.1, -0.05) is 69.2 Å². The molecule has 1 N–H and O–H groups in total. The van der Waals surface area contributed by atoms with Crippen LogP contribution in [0.15, 0.2) is 24.3 Å². The van der Waals surface area contributed by atoms with E-state index in [0.717, 1.165) is 23.8 Å². The number of aliphatic hydroxyl groups excluding tert-OH is 1. The Balaban J connectivity index is 1.56. The molecule has 1 aromatic carbocycles. The highest BCUT2D eigenvalue weighted by molar-refractivity contribution is 5.27. The van der Waals surface area contributed by atoms with Crippen molar-refractivity contribution in [1.29, 1.82) is 0 Å². The van der Waals surface area contributed by atoms with Gasteiger partial charge in [-0.2, -0.15) is 0 Å². The topological polar surface area (TPSA) is 20.2 Å². The predicted molar refractivity (Wildman–Crippen MR) is 83.8 cm³/mol. The van der Waals surface area contributed by atoms with Gasteiger partial charge in [0.1, 0.15) is 0 Å². The molecule has 3 rings (SSSR count). The number of benzene rings is 1. The van der Waals surface area contributed by atoms with Crippen molar-refractivity contribution in [2.24, 2.45) is 5.92 Å². The molecule has 1 nitrogen and oxygen atoms in total. The van der Waals surface area contributed by atoms with E-state index in [1.165, 1.54) is 63.4 Å². The van der Waals surface area contributed by atoms with Gasteiger partial charge in [-0.15, -0.1) is 0 Å². The molecule has 2 aliphatic carbocycles. The van der Waals surface area contributed by atoms with Gasteiger partial charge in [0.25, 0.3) is 0 Å². The Kier molecular flexibility index (Phi) is 4.77. The Bertz CT molecular complexity index is 396. The van der Waals surface area contributed by atoms with Crippen molar-refractivity contribution in [2.45, 2.75) is 76.2 Å². The molecular weight excluding hydrogens is 244 g/mol. The van der Waals surface area contributed by atoms with Gasteiger partial charge in [0, 0.05) is 0 Å². The van der Waals surface area contributed by atoms with Gasteiger partial charge in [-0.3, -0.25) is 0 Å². The van der Waals surface area contributed by atoms with Gasteiger partial charge in [0.05, 0.1) is 6.10 Å². The predicted octanol–water partition coefficient (Wildman–Crippen LogP) is 5.35. The molecule has 0 spiro atoms. The van der Waals surface area contributed by atoms with Crippen LogP contribution in [-0.2, 0) is 0 Å². The summed E-state index contributed by atoms with van der Waals surface area (Å²) in [5.41, 5.74) is 2.60. The van der Waals surface area contributed by atoms with Crippen LogP contribution in [0.4, 0.5) is 0 Å². The second-order valence-corrected chi connectivity index (χ2v) is 6.90. The zero-order valence-corrected chi connectivity index (χ0v) is 12.6. The Morgan fingerprint density at radius 1 is 0.850 bits per heavy atom. The first-order valence-corrected chi connectivity index (χ1v) is 8.61. The average molecular weight is 272 g/mol. The summed E-state index contributed by atoms with van der Waals surface area (Å²) < 4.78 is 0. The molecule has 1 atom stereocenters. The highest BCUT2D eigenvalue weighted by Crippen LogP contribution is 2.37. The fourth-order valence-corrected chi connectivity index (χ4v) is 3.78. The highest BCUT2D eigenvalue weighted by Gasteiger charge is 2.21. The first kappa shape index (κ1) is 14.1. The highest BCUT2D eigenvalue weighted by atomic mass is 16.3. The van der Waals surface area contributed by atoms with Crippen molar-refractivity contribution in [2.75, 3.05) is 0 Å². The monoisotopic (exact) mass is 272 g/mol. The van der Waals surface area contributed by atoms with Gasteiger partial charge in [-0.05, 0) is 42.2 Å². The summed E-state index contributed by atoms with van der Waals surface area (Å²) >= 11 is 0. The fourth-order valence-electron chi connectivity index (χ4n) is 3.78. The summed E-state index contributed by atoms with van der Waals surface area (Å²) in [7, 11) is 0. The van der Waals surface area contributed by atoms with E-state index < -0.39 is 0 Å². The third-order valence-corrected chi connectivity index (χ3v) is 5.43. The van der Waals surface area contributed by atoms with E-state index in [1.54, 1.807) is 0 Å². The molecule has 110 valence electrons. The second kappa shape index (κ2) is 6.76. The third kappa shape index (κ3) is 3.44. The van der Waals surface area contributed by atoms with Crippen LogP contribution < -0.4 is 0 Å². The summed E-state index contributed by atoms with van der Waals surface area (Å²) in [6.45, 7) is 0. The van der Waals surface area contributed by atoms with Crippen LogP contribution >= 0.6 is 0 Å². The minimum absolute atomic E-state index is 0.256. The van der Waals surface area contributed by atoms with Gasteiger partial charge < -0.3 is 5.11 Å². The summed E-state index contributed by atoms with van der Waals surface area (Å²) in [6, 6.07) is 8.81. The number of rotatable bonds is 4. The number of hydrogen-bond donors (Lipinski definition) is 1. The van der Waals surface area contributed by atoms with E-state index in [-0.39, 0.29) is 6.10 Å². The molecule has 0 saturated heterocycles. The van der Waals surface area contributed by atoms with Crippen molar-refractivity contribution < 1.29 is 5.11 Å². The van der Waals surface area contributed by atoms with E-state index in [9.17, 15) is 5.11 Å². The Hall–Kier alpha value is -0.820. The molecule has 0 aromatic heterocycles. The minimum atomic E-state index is -0.256. The van der Waals surface area contributed by atoms with E-state index in [1.807, 2.05) is 0 Å². The smallest absolute Gasteiger partial charge is 0.0792 e. The normalized spacial score (nSPS) is 23.1. The van der Waals surface area contributed by atoms with Crippen LogP contribution in [0.5, 0.6) is 0 Å². The summed E-state index contributed by atoms with van der Waals surface area (Å²) in [6.07, 6.45) is 12.9. The fraction of sp³-hybridized carbons (Fsp3) is 0.684. The summed E-state index contributed by atoms with van der Waals surface area (Å²) in [5, 5.41) is 10.5. The molecule has 0 amide bonds. The Labute approximate surface area is 123 Å². The standard InChI is InChI=1S/C19H28O/c20-19(14-15-6-3-1-2-4-7-15)18-12-10-17(11-13-18)16-8-5-9-16/h10-13,15-16,19-20H,1-9,14H2. The number of aliphatic hydroxyl groups is 1. The third-order valence-electron chi connectivity index (χ3n) is 5.43. The zero-order chi connectivity index (χ0) is 13.8. The molecular formula is C19H28O. The summed E-state index contributed by atoms with van der Waals surface area (Å²) in [5.74, 6) is 1.53. The lowest BCUT2D eigenvalue weighted by Gasteiger charge is -2.26. The van der Waals surface area contributed by atoms with Crippen LogP contribution in [-0.4, -0.2) is 5.11 Å². The molecule has 1 unspecified atom stereocenters. The van der Waals surface area contributed by atoms with Crippen LogP contribution in [0.2, 0.25) is 0 Å². The molecule has 1 heteroatoms. The molecule has 0 radical (unpaired) electrons. The van der Waals surface area contributed by atoms with Crippen LogP contribution in [0.25, 0.3) is 0 Å². The van der Waals surface area contributed by atoms with Gasteiger partial charge in [0.2, 0.25) is 0 Å². The largest absolute Gasteiger partial charge is 0.388 e. The Morgan fingerprint density at radius 3 is 2.05 bits per heavy atom. The van der Waals surface area contributed by atoms with E-state index >= 15 is 0 Å². The average Bonchev–Trinajstić information content (AvgIpc) is 2.66. The SMILES string of the molecule is OC(CC1CCCCCC1)c1ccc(C2CCC2)cc1. The molecule has 0 bridgehead atoms. The first-order valence-electron chi connectivity index (χ1n) is 8.61. The maximum absolute atomic E-state index is 10.5. The van der Waals surface area contributed by atoms with Crippen LogP contribution in [0.1, 0.15) is 87.4 Å². The van der Waals surface area contributed by atoms with Gasteiger partial charge >= 0.3 is 0 Å². The quantitative estimate of drug-likeness (QED) is 0.733. The van der Waals surface area contributed by atoms with Crippen LogP contribution in [0, 0.1) is 5.92 Å². The molecule has 0 heterocycles. The van der Waals surface area contributed by atoms with E-state index in [2.05, 4.69) is 24.3 Å².